The minimum atomic E-state index is -3.51. The monoisotopic (exact) mass is 295 g/mol. The largest absolute Gasteiger partial charge is 0.338 e. The maximum atomic E-state index is 12.1. The molecule has 4 N–H and O–H groups in total. The summed E-state index contributed by atoms with van der Waals surface area (Å²) < 4.78 is 28.5. The van der Waals surface area contributed by atoms with Crippen LogP contribution in [0.1, 0.15) is 5.82 Å². The molecule has 0 bridgehead atoms. The van der Waals surface area contributed by atoms with Crippen molar-refractivity contribution < 1.29 is 8.42 Å². The van der Waals surface area contributed by atoms with Gasteiger partial charge in [-0.2, -0.15) is 0 Å². The SMILES string of the molecule is Cn1ccnc1CCNS(=O)(=O)c1ccc(NN)cc1. The summed E-state index contributed by atoms with van der Waals surface area (Å²) in [5.41, 5.74) is 3.10. The van der Waals surface area contributed by atoms with Crippen LogP contribution in [0, 0.1) is 0 Å². The average Bonchev–Trinajstić information content (AvgIpc) is 2.84. The summed E-state index contributed by atoms with van der Waals surface area (Å²) in [5, 5.41) is 0. The highest BCUT2D eigenvalue weighted by molar-refractivity contribution is 7.89. The molecular formula is C12H17N5O2S. The van der Waals surface area contributed by atoms with Crippen LogP contribution in [0.15, 0.2) is 41.6 Å². The Balaban J connectivity index is 1.98. The summed E-state index contributed by atoms with van der Waals surface area (Å²) in [7, 11) is -1.64. The van der Waals surface area contributed by atoms with Crippen LogP contribution in [-0.4, -0.2) is 24.5 Å². The second kappa shape index (κ2) is 6.04. The van der Waals surface area contributed by atoms with E-state index < -0.39 is 10.0 Å². The van der Waals surface area contributed by atoms with Gasteiger partial charge < -0.3 is 9.99 Å². The molecule has 0 spiro atoms. The molecule has 1 aromatic carbocycles. The highest BCUT2D eigenvalue weighted by atomic mass is 32.2. The van der Waals surface area contributed by atoms with Crippen LogP contribution < -0.4 is 16.0 Å². The van der Waals surface area contributed by atoms with Crippen LogP contribution in [0.4, 0.5) is 5.69 Å². The van der Waals surface area contributed by atoms with Gasteiger partial charge in [-0.3, -0.25) is 5.84 Å². The van der Waals surface area contributed by atoms with Gasteiger partial charge in [-0.1, -0.05) is 0 Å². The highest BCUT2D eigenvalue weighted by Gasteiger charge is 2.13. The number of imidazole rings is 1. The Kier molecular flexibility index (Phi) is 4.38. The molecule has 8 heteroatoms. The number of hydrazine groups is 1. The lowest BCUT2D eigenvalue weighted by Gasteiger charge is -2.07. The molecule has 108 valence electrons. The first-order valence-corrected chi connectivity index (χ1v) is 7.54. The Morgan fingerprint density at radius 1 is 1.30 bits per heavy atom. The lowest BCUT2D eigenvalue weighted by atomic mass is 10.3. The number of nitrogen functional groups attached to an aromatic ring is 1. The fourth-order valence-corrected chi connectivity index (χ4v) is 2.78. The summed E-state index contributed by atoms with van der Waals surface area (Å²) in [4.78, 5) is 4.34. The van der Waals surface area contributed by atoms with E-state index in [1.165, 1.54) is 12.1 Å². The minimum absolute atomic E-state index is 0.205. The summed E-state index contributed by atoms with van der Waals surface area (Å²) in [6.07, 6.45) is 4.04. The Morgan fingerprint density at radius 2 is 2.00 bits per heavy atom. The second-order valence-electron chi connectivity index (χ2n) is 4.27. The van der Waals surface area contributed by atoms with Crippen LogP contribution in [0.25, 0.3) is 0 Å². The molecule has 20 heavy (non-hydrogen) atoms. The molecule has 2 aromatic rings. The highest BCUT2D eigenvalue weighted by Crippen LogP contribution is 2.12. The van der Waals surface area contributed by atoms with E-state index in [1.54, 1.807) is 18.3 Å². The number of hydrogen-bond acceptors (Lipinski definition) is 5. The minimum Gasteiger partial charge on any atom is -0.338 e. The first-order valence-electron chi connectivity index (χ1n) is 6.05. The maximum Gasteiger partial charge on any atom is 0.240 e. The van der Waals surface area contributed by atoms with E-state index in [2.05, 4.69) is 15.1 Å². The number of nitrogens with zero attached hydrogens (tertiary/aromatic N) is 2. The number of nitrogens with two attached hydrogens (primary N) is 1. The molecular weight excluding hydrogens is 278 g/mol. The molecule has 0 fully saturated rings. The molecule has 0 unspecified atom stereocenters. The van der Waals surface area contributed by atoms with Gasteiger partial charge in [0.15, 0.2) is 0 Å². The van der Waals surface area contributed by atoms with Crippen LogP contribution in [0.2, 0.25) is 0 Å². The van der Waals surface area contributed by atoms with Gasteiger partial charge in [-0.25, -0.2) is 18.1 Å². The van der Waals surface area contributed by atoms with Crippen molar-refractivity contribution in [3.8, 4) is 0 Å². The third-order valence-electron chi connectivity index (χ3n) is 2.89. The zero-order valence-electron chi connectivity index (χ0n) is 11.1. The first kappa shape index (κ1) is 14.5. The summed E-state index contributed by atoms with van der Waals surface area (Å²) in [5.74, 6) is 6.06. The van der Waals surface area contributed by atoms with Crippen molar-refractivity contribution in [3.63, 3.8) is 0 Å². The number of aromatic nitrogens is 2. The molecule has 0 radical (unpaired) electrons. The summed E-state index contributed by atoms with van der Waals surface area (Å²) >= 11 is 0. The van der Waals surface area contributed by atoms with Crippen molar-refractivity contribution in [2.24, 2.45) is 12.9 Å². The third-order valence-corrected chi connectivity index (χ3v) is 4.37. The maximum absolute atomic E-state index is 12.1. The van der Waals surface area contributed by atoms with Crippen LogP contribution in [-0.2, 0) is 23.5 Å². The molecule has 0 saturated heterocycles. The van der Waals surface area contributed by atoms with Gasteiger partial charge in [-0.15, -0.1) is 0 Å². The molecule has 0 aliphatic heterocycles. The molecule has 0 saturated carbocycles. The topological polar surface area (TPSA) is 102 Å². The Labute approximate surface area is 117 Å². The predicted molar refractivity (Wildman–Crippen MR) is 76.4 cm³/mol. The van der Waals surface area contributed by atoms with E-state index in [0.717, 1.165) is 5.82 Å². The number of sulfonamides is 1. The van der Waals surface area contributed by atoms with Crippen LogP contribution in [0.5, 0.6) is 0 Å². The molecule has 2 rings (SSSR count). The smallest absolute Gasteiger partial charge is 0.240 e. The van der Waals surface area contributed by atoms with Crippen molar-refractivity contribution in [2.75, 3.05) is 12.0 Å². The molecule has 0 amide bonds. The van der Waals surface area contributed by atoms with Gasteiger partial charge >= 0.3 is 0 Å². The van der Waals surface area contributed by atoms with Crippen molar-refractivity contribution in [3.05, 3.63) is 42.5 Å². The van der Waals surface area contributed by atoms with Gasteiger partial charge in [0.1, 0.15) is 5.82 Å². The zero-order chi connectivity index (χ0) is 14.6. The number of benzene rings is 1. The summed E-state index contributed by atoms with van der Waals surface area (Å²) in [6.45, 7) is 0.296. The number of anilines is 1. The van der Waals surface area contributed by atoms with Gasteiger partial charge in [-0.05, 0) is 24.3 Å². The Bertz CT molecular complexity index is 663. The quantitative estimate of drug-likeness (QED) is 0.523. The van der Waals surface area contributed by atoms with E-state index in [0.29, 0.717) is 18.7 Å². The van der Waals surface area contributed by atoms with Gasteiger partial charge in [0.25, 0.3) is 0 Å². The number of hydrogen-bond donors (Lipinski definition) is 3. The van der Waals surface area contributed by atoms with E-state index in [-0.39, 0.29) is 4.90 Å². The lowest BCUT2D eigenvalue weighted by Crippen LogP contribution is -2.26. The molecule has 0 atom stereocenters. The van der Waals surface area contributed by atoms with Gasteiger partial charge in [0.2, 0.25) is 10.0 Å². The first-order chi connectivity index (χ1) is 9.53. The van der Waals surface area contributed by atoms with Crippen molar-refractivity contribution >= 4 is 15.7 Å². The van der Waals surface area contributed by atoms with E-state index in [1.807, 2.05) is 17.8 Å². The van der Waals surface area contributed by atoms with Crippen LogP contribution in [0.3, 0.4) is 0 Å². The molecule has 1 heterocycles. The van der Waals surface area contributed by atoms with E-state index in [9.17, 15) is 8.42 Å². The number of aryl methyl sites for hydroxylation is 1. The molecule has 0 aliphatic carbocycles. The van der Waals surface area contributed by atoms with Crippen LogP contribution >= 0.6 is 0 Å². The predicted octanol–water partition coefficient (Wildman–Crippen LogP) is 0.227. The standard InChI is InChI=1S/C12H17N5O2S/c1-17-9-8-14-12(17)6-7-15-20(18,19)11-4-2-10(16-13)3-5-11/h2-5,8-9,15-16H,6-7,13H2,1H3. The van der Waals surface area contributed by atoms with Crippen molar-refractivity contribution in [1.82, 2.24) is 14.3 Å². The fraction of sp³-hybridized carbons (Fsp3) is 0.250. The summed E-state index contributed by atoms with van der Waals surface area (Å²) in [6, 6.07) is 6.21. The molecule has 1 aromatic heterocycles. The Morgan fingerprint density at radius 3 is 2.55 bits per heavy atom. The van der Waals surface area contributed by atoms with E-state index in [4.69, 9.17) is 5.84 Å². The Hall–Kier alpha value is -1.90. The number of nitrogens with one attached hydrogen (secondary N) is 2. The number of rotatable bonds is 6. The van der Waals surface area contributed by atoms with Crippen molar-refractivity contribution in [1.29, 1.82) is 0 Å². The third kappa shape index (κ3) is 3.35. The average molecular weight is 295 g/mol. The zero-order valence-corrected chi connectivity index (χ0v) is 11.9. The van der Waals surface area contributed by atoms with Gasteiger partial charge in [0.05, 0.1) is 4.90 Å². The van der Waals surface area contributed by atoms with Gasteiger partial charge in [0, 0.05) is 38.1 Å². The second-order valence-corrected chi connectivity index (χ2v) is 6.04. The lowest BCUT2D eigenvalue weighted by molar-refractivity contribution is 0.580. The van der Waals surface area contributed by atoms with E-state index >= 15 is 0 Å². The fourth-order valence-electron chi connectivity index (χ4n) is 1.75. The molecule has 0 aliphatic rings. The molecule has 7 nitrogen and oxygen atoms in total. The normalized spacial score (nSPS) is 11.5. The van der Waals surface area contributed by atoms with Crippen molar-refractivity contribution in [2.45, 2.75) is 11.3 Å².